The van der Waals surface area contributed by atoms with Crippen LogP contribution >= 0.6 is 0 Å². The molecule has 5 rings (SSSR count). The molecule has 5 nitrogen and oxygen atoms in total. The van der Waals surface area contributed by atoms with E-state index in [0.717, 1.165) is 50.6 Å². The molecule has 1 aromatic carbocycles. The van der Waals surface area contributed by atoms with E-state index in [1.54, 1.807) is 0 Å². The van der Waals surface area contributed by atoms with E-state index in [0.29, 0.717) is 11.8 Å². The van der Waals surface area contributed by atoms with E-state index < -0.39 is 12.2 Å². The Morgan fingerprint density at radius 2 is 1.75 bits per heavy atom. The zero-order chi connectivity index (χ0) is 22.7. The first kappa shape index (κ1) is 22.0. The van der Waals surface area contributed by atoms with Gasteiger partial charge in [0.05, 0.1) is 12.2 Å². The minimum absolute atomic E-state index is 0.00263. The number of para-hydroxylation sites is 1. The first-order valence-corrected chi connectivity index (χ1v) is 12.4. The summed E-state index contributed by atoms with van der Waals surface area (Å²) in [5, 5.41) is 28.7. The summed E-state index contributed by atoms with van der Waals surface area (Å²) in [6.45, 7) is 9.05. The molecule has 4 saturated carbocycles. The number of carbonyl (C=O) groups excluding carboxylic acids is 1. The Morgan fingerprint density at radius 1 is 1.00 bits per heavy atom. The van der Waals surface area contributed by atoms with Crippen molar-refractivity contribution in [3.63, 3.8) is 0 Å². The largest absolute Gasteiger partial charge is 0.390 e. The van der Waals surface area contributed by atoms with Gasteiger partial charge in [-0.3, -0.25) is 0 Å². The number of nitrogens with one attached hydrogen (secondary N) is 2. The fourth-order valence-electron chi connectivity index (χ4n) is 8.17. The summed E-state index contributed by atoms with van der Waals surface area (Å²) in [5.74, 6) is 0.997. The highest BCUT2D eigenvalue weighted by Gasteiger charge is 2.64. The molecule has 174 valence electrons. The molecule has 0 heterocycles. The summed E-state index contributed by atoms with van der Waals surface area (Å²) in [7, 11) is 0. The molecule has 0 aromatic heterocycles. The first-order valence-electron chi connectivity index (χ1n) is 12.4. The van der Waals surface area contributed by atoms with E-state index >= 15 is 0 Å². The normalized spacial score (nSPS) is 45.4. The average molecular weight is 439 g/mol. The van der Waals surface area contributed by atoms with Gasteiger partial charge in [-0.1, -0.05) is 44.2 Å². The molecule has 4 aliphatic carbocycles. The van der Waals surface area contributed by atoms with Gasteiger partial charge in [-0.25, -0.2) is 4.79 Å². The van der Waals surface area contributed by atoms with Crippen molar-refractivity contribution < 1.29 is 15.0 Å². The van der Waals surface area contributed by atoms with Gasteiger partial charge >= 0.3 is 6.03 Å². The molecule has 4 aliphatic rings. The van der Waals surface area contributed by atoms with Gasteiger partial charge in [0.1, 0.15) is 0 Å². The second-order valence-electron chi connectivity index (χ2n) is 11.4. The molecule has 9 atom stereocenters. The molecule has 9 unspecified atom stereocenters. The van der Waals surface area contributed by atoms with Crippen molar-refractivity contribution in [3.05, 3.63) is 42.5 Å². The lowest BCUT2D eigenvalue weighted by molar-refractivity contribution is -0.211. The number of urea groups is 1. The second-order valence-corrected chi connectivity index (χ2v) is 11.4. The van der Waals surface area contributed by atoms with Crippen LogP contribution in [0.2, 0.25) is 0 Å². The molecule has 0 bridgehead atoms. The Balaban J connectivity index is 1.31. The van der Waals surface area contributed by atoms with Crippen molar-refractivity contribution in [2.24, 2.45) is 34.5 Å². The van der Waals surface area contributed by atoms with Crippen molar-refractivity contribution in [1.29, 1.82) is 0 Å². The average Bonchev–Trinajstić information content (AvgIpc) is 3.08. The third-order valence-electron chi connectivity index (χ3n) is 10.1. The molecular formula is C27H38N2O3. The third-order valence-corrected chi connectivity index (χ3v) is 10.1. The van der Waals surface area contributed by atoms with Gasteiger partial charge in [0.15, 0.2) is 0 Å². The van der Waals surface area contributed by atoms with Gasteiger partial charge in [-0.15, -0.1) is 0 Å². The van der Waals surface area contributed by atoms with E-state index in [2.05, 4.69) is 31.1 Å². The summed E-state index contributed by atoms with van der Waals surface area (Å²) in [6, 6.07) is 9.26. The number of rotatable bonds is 2. The number of hydrogen-bond acceptors (Lipinski definition) is 3. The Hall–Kier alpha value is -1.85. The fraction of sp³-hybridized carbons (Fsp3) is 0.667. The molecule has 4 N–H and O–H groups in total. The highest BCUT2D eigenvalue weighted by Crippen LogP contribution is 2.67. The Morgan fingerprint density at radius 3 is 2.50 bits per heavy atom. The van der Waals surface area contributed by atoms with Gasteiger partial charge in [0, 0.05) is 11.7 Å². The lowest BCUT2D eigenvalue weighted by Gasteiger charge is -2.63. The number of aliphatic hydroxyl groups is 2. The van der Waals surface area contributed by atoms with Crippen molar-refractivity contribution in [3.8, 4) is 0 Å². The van der Waals surface area contributed by atoms with Gasteiger partial charge in [0.25, 0.3) is 0 Å². The van der Waals surface area contributed by atoms with E-state index in [4.69, 9.17) is 0 Å². The minimum atomic E-state index is -0.737. The van der Waals surface area contributed by atoms with Crippen molar-refractivity contribution in [1.82, 2.24) is 5.32 Å². The number of hydrogen-bond donors (Lipinski definition) is 4. The predicted octanol–water partition coefficient (Wildman–Crippen LogP) is 4.72. The fourth-order valence-corrected chi connectivity index (χ4v) is 8.17. The van der Waals surface area contributed by atoms with E-state index in [9.17, 15) is 15.0 Å². The summed E-state index contributed by atoms with van der Waals surface area (Å²) in [4.78, 5) is 12.5. The second kappa shape index (κ2) is 7.88. The number of anilines is 1. The van der Waals surface area contributed by atoms with Crippen LogP contribution in [0, 0.1) is 34.5 Å². The molecule has 4 fully saturated rings. The maximum atomic E-state index is 12.5. The zero-order valence-electron chi connectivity index (χ0n) is 19.4. The molecule has 1 aromatic rings. The van der Waals surface area contributed by atoms with Gasteiger partial charge in [-0.2, -0.15) is 0 Å². The van der Waals surface area contributed by atoms with Crippen molar-refractivity contribution >= 4 is 11.7 Å². The number of fused-ring (bicyclic) bond motifs is 5. The standard InChI is InChI=1S/C27H38N2O3/c1-16-9-10-19-22-20(12-14-26(16,19)2)27(3)13-11-18(15-21(27)23(30)24(22)31)29-25(32)28-17-7-5-4-6-8-17/h4-8,18-24,30-31H,1,9-15H2,2-3H3,(H2,28,29,32). The van der Waals surface area contributed by atoms with Crippen molar-refractivity contribution in [2.75, 3.05) is 5.32 Å². The van der Waals surface area contributed by atoms with Crippen LogP contribution in [0.1, 0.15) is 58.8 Å². The Bertz CT molecular complexity index is 888. The Labute approximate surface area is 191 Å². The van der Waals surface area contributed by atoms with Crippen LogP contribution in [0.25, 0.3) is 0 Å². The summed E-state index contributed by atoms with van der Waals surface area (Å²) >= 11 is 0. The first-order chi connectivity index (χ1) is 15.2. The van der Waals surface area contributed by atoms with Crippen LogP contribution in [-0.2, 0) is 0 Å². The maximum absolute atomic E-state index is 12.5. The highest BCUT2D eigenvalue weighted by molar-refractivity contribution is 5.89. The quantitative estimate of drug-likeness (QED) is 0.505. The van der Waals surface area contributed by atoms with Crippen LogP contribution in [0.3, 0.4) is 0 Å². The number of amides is 2. The molecule has 2 amide bonds. The molecule has 0 aliphatic heterocycles. The molecule has 32 heavy (non-hydrogen) atoms. The summed E-state index contributed by atoms with van der Waals surface area (Å²) < 4.78 is 0. The SMILES string of the molecule is C=C1CCC2C3C(O)C(O)C4CC(NC(=O)Nc5ccccc5)CCC4(C)C3CCC12C. The van der Waals surface area contributed by atoms with E-state index in [-0.39, 0.29) is 34.7 Å². The molecule has 0 saturated heterocycles. The van der Waals surface area contributed by atoms with Crippen LogP contribution < -0.4 is 10.6 Å². The van der Waals surface area contributed by atoms with E-state index in [1.165, 1.54) is 5.57 Å². The predicted molar refractivity (Wildman–Crippen MR) is 126 cm³/mol. The maximum Gasteiger partial charge on any atom is 0.319 e. The minimum Gasteiger partial charge on any atom is -0.390 e. The van der Waals surface area contributed by atoms with Crippen LogP contribution in [0.5, 0.6) is 0 Å². The Kier molecular flexibility index (Phi) is 5.41. The zero-order valence-corrected chi connectivity index (χ0v) is 19.4. The van der Waals surface area contributed by atoms with E-state index in [1.807, 2.05) is 30.3 Å². The van der Waals surface area contributed by atoms with Gasteiger partial charge in [0.2, 0.25) is 0 Å². The number of carbonyl (C=O) groups is 1. The van der Waals surface area contributed by atoms with Crippen molar-refractivity contribution in [2.45, 2.75) is 77.0 Å². The number of benzene rings is 1. The van der Waals surface area contributed by atoms with Crippen LogP contribution in [0.4, 0.5) is 10.5 Å². The molecule has 0 spiro atoms. The number of allylic oxidation sites excluding steroid dienone is 1. The lowest BCUT2D eigenvalue weighted by Crippen LogP contribution is -2.64. The van der Waals surface area contributed by atoms with Gasteiger partial charge < -0.3 is 20.8 Å². The molecule has 5 heteroatoms. The van der Waals surface area contributed by atoms with Gasteiger partial charge in [-0.05, 0) is 91.6 Å². The van der Waals surface area contributed by atoms with Crippen LogP contribution in [-0.4, -0.2) is 34.5 Å². The van der Waals surface area contributed by atoms with Crippen LogP contribution in [0.15, 0.2) is 42.5 Å². The lowest BCUT2D eigenvalue weighted by atomic mass is 9.43. The molecule has 0 radical (unpaired) electrons. The summed E-state index contributed by atoms with van der Waals surface area (Å²) in [5.41, 5.74) is 2.22. The monoisotopic (exact) mass is 438 g/mol. The third kappa shape index (κ3) is 3.31. The topological polar surface area (TPSA) is 81.6 Å². The summed E-state index contributed by atoms with van der Waals surface area (Å²) in [6.07, 6.45) is 5.56. The highest BCUT2D eigenvalue weighted by atomic mass is 16.3. The number of aliphatic hydroxyl groups excluding tert-OH is 2. The molecular weight excluding hydrogens is 400 g/mol. The smallest absolute Gasteiger partial charge is 0.319 e.